The lowest BCUT2D eigenvalue weighted by atomic mass is 10.3. The summed E-state index contributed by atoms with van der Waals surface area (Å²) < 4.78 is 12.5. The van der Waals surface area contributed by atoms with Gasteiger partial charge in [-0.15, -0.1) is 0 Å². The van der Waals surface area contributed by atoms with Gasteiger partial charge in [-0.3, -0.25) is 4.98 Å². The molecule has 0 bridgehead atoms. The summed E-state index contributed by atoms with van der Waals surface area (Å²) in [6.07, 6.45) is 2.74. The third-order valence-corrected chi connectivity index (χ3v) is 1.37. The van der Waals surface area contributed by atoms with Gasteiger partial charge < -0.3 is 0 Å². The van der Waals surface area contributed by atoms with Crippen molar-refractivity contribution in [1.29, 1.82) is 0 Å². The number of thiol groups is 1. The third kappa shape index (κ3) is 1.42. The SMILES string of the molecule is Fc1cnccc1CS. The molecule has 0 saturated carbocycles. The van der Waals surface area contributed by atoms with Crippen LogP contribution in [0.5, 0.6) is 0 Å². The molecule has 1 nitrogen and oxygen atoms in total. The zero-order valence-electron chi connectivity index (χ0n) is 4.71. The van der Waals surface area contributed by atoms with Crippen molar-refractivity contribution in [3.63, 3.8) is 0 Å². The van der Waals surface area contributed by atoms with Crippen molar-refractivity contribution in [3.05, 3.63) is 29.8 Å². The molecular formula is C6H6FNS. The average molecular weight is 143 g/mol. The molecule has 0 amide bonds. The molecule has 1 aromatic heterocycles. The van der Waals surface area contributed by atoms with Crippen molar-refractivity contribution in [2.45, 2.75) is 5.75 Å². The molecular weight excluding hydrogens is 137 g/mol. The van der Waals surface area contributed by atoms with Gasteiger partial charge in [0.15, 0.2) is 0 Å². The second kappa shape index (κ2) is 2.82. The molecule has 0 saturated heterocycles. The molecule has 0 atom stereocenters. The van der Waals surface area contributed by atoms with Crippen molar-refractivity contribution >= 4 is 12.6 Å². The van der Waals surface area contributed by atoms with Gasteiger partial charge in [0.25, 0.3) is 0 Å². The summed E-state index contributed by atoms with van der Waals surface area (Å²) in [7, 11) is 0. The predicted molar refractivity (Wildman–Crippen MR) is 36.9 cm³/mol. The Morgan fingerprint density at radius 1 is 1.67 bits per heavy atom. The van der Waals surface area contributed by atoms with Crippen LogP contribution in [0.25, 0.3) is 0 Å². The summed E-state index contributed by atoms with van der Waals surface area (Å²) in [5.74, 6) is 0.140. The van der Waals surface area contributed by atoms with Gasteiger partial charge >= 0.3 is 0 Å². The Hall–Kier alpha value is -0.570. The smallest absolute Gasteiger partial charge is 0.145 e. The van der Waals surface area contributed by atoms with Crippen LogP contribution >= 0.6 is 12.6 Å². The molecule has 0 N–H and O–H groups in total. The van der Waals surface area contributed by atoms with Gasteiger partial charge in [-0.25, -0.2) is 4.39 Å². The number of nitrogens with zero attached hydrogens (tertiary/aromatic N) is 1. The lowest BCUT2D eigenvalue weighted by molar-refractivity contribution is 0.611. The predicted octanol–water partition coefficient (Wildman–Crippen LogP) is 1.65. The third-order valence-electron chi connectivity index (χ3n) is 1.03. The molecule has 0 spiro atoms. The Morgan fingerprint density at radius 3 is 2.89 bits per heavy atom. The number of hydrogen-bond acceptors (Lipinski definition) is 2. The van der Waals surface area contributed by atoms with E-state index in [0.717, 1.165) is 0 Å². The molecule has 0 fully saturated rings. The maximum Gasteiger partial charge on any atom is 0.145 e. The van der Waals surface area contributed by atoms with E-state index in [-0.39, 0.29) is 5.82 Å². The van der Waals surface area contributed by atoms with Crippen LogP contribution in [0.3, 0.4) is 0 Å². The first-order valence-electron chi connectivity index (χ1n) is 2.54. The Balaban J connectivity index is 3.01. The van der Waals surface area contributed by atoms with Gasteiger partial charge in [0.05, 0.1) is 6.20 Å². The maximum absolute atomic E-state index is 12.5. The highest BCUT2D eigenvalue weighted by atomic mass is 32.1. The summed E-state index contributed by atoms with van der Waals surface area (Å²) >= 11 is 3.91. The molecule has 0 aliphatic heterocycles. The molecule has 48 valence electrons. The van der Waals surface area contributed by atoms with E-state index in [2.05, 4.69) is 17.6 Å². The first-order chi connectivity index (χ1) is 4.34. The first-order valence-corrected chi connectivity index (χ1v) is 3.17. The van der Waals surface area contributed by atoms with E-state index in [1.807, 2.05) is 0 Å². The number of rotatable bonds is 1. The zero-order chi connectivity index (χ0) is 6.69. The molecule has 9 heavy (non-hydrogen) atoms. The molecule has 0 radical (unpaired) electrons. The van der Waals surface area contributed by atoms with Gasteiger partial charge in [0.1, 0.15) is 5.82 Å². The van der Waals surface area contributed by atoms with E-state index in [4.69, 9.17) is 0 Å². The Bertz CT molecular complexity index is 202. The molecule has 0 unspecified atom stereocenters. The monoisotopic (exact) mass is 143 g/mol. The van der Waals surface area contributed by atoms with E-state index < -0.39 is 0 Å². The molecule has 1 rings (SSSR count). The normalized spacial score (nSPS) is 9.56. The quantitative estimate of drug-likeness (QED) is 0.590. The highest BCUT2D eigenvalue weighted by molar-refractivity contribution is 7.79. The standard InChI is InChI=1S/C6H6FNS/c7-6-3-8-2-1-5(6)4-9/h1-3,9H,4H2. The summed E-state index contributed by atoms with van der Waals surface area (Å²) in [4.78, 5) is 3.58. The molecule has 0 aromatic carbocycles. The van der Waals surface area contributed by atoms with Gasteiger partial charge in [-0.1, -0.05) is 0 Å². The van der Waals surface area contributed by atoms with E-state index in [1.54, 1.807) is 12.3 Å². The maximum atomic E-state index is 12.5. The largest absolute Gasteiger partial charge is 0.262 e. The van der Waals surface area contributed by atoms with Crippen molar-refractivity contribution < 1.29 is 4.39 Å². The molecule has 0 aliphatic rings. The fourth-order valence-corrected chi connectivity index (χ4v) is 0.789. The number of aromatic nitrogens is 1. The highest BCUT2D eigenvalue weighted by Gasteiger charge is 1.95. The minimum absolute atomic E-state index is 0.285. The van der Waals surface area contributed by atoms with E-state index in [9.17, 15) is 4.39 Å². The second-order valence-electron chi connectivity index (χ2n) is 1.63. The van der Waals surface area contributed by atoms with Crippen molar-refractivity contribution in [1.82, 2.24) is 4.98 Å². The van der Waals surface area contributed by atoms with E-state index >= 15 is 0 Å². The summed E-state index contributed by atoms with van der Waals surface area (Å²) in [5, 5.41) is 0. The number of hydrogen-bond donors (Lipinski definition) is 1. The van der Waals surface area contributed by atoms with Gasteiger partial charge in [-0.05, 0) is 6.07 Å². The molecule has 1 aromatic rings. The van der Waals surface area contributed by atoms with Crippen LogP contribution < -0.4 is 0 Å². The number of pyridine rings is 1. The molecule has 1 heterocycles. The minimum atomic E-state index is -0.285. The van der Waals surface area contributed by atoms with Crippen LogP contribution in [0.15, 0.2) is 18.5 Å². The minimum Gasteiger partial charge on any atom is -0.262 e. The Morgan fingerprint density at radius 2 is 2.44 bits per heavy atom. The van der Waals surface area contributed by atoms with Crippen LogP contribution in [-0.2, 0) is 5.75 Å². The summed E-state index contributed by atoms with van der Waals surface area (Å²) in [6.45, 7) is 0. The fourth-order valence-electron chi connectivity index (χ4n) is 0.532. The molecule has 0 aliphatic carbocycles. The van der Waals surface area contributed by atoms with Crippen molar-refractivity contribution in [3.8, 4) is 0 Å². The van der Waals surface area contributed by atoms with Crippen LogP contribution in [0.4, 0.5) is 4.39 Å². The lowest BCUT2D eigenvalue weighted by Crippen LogP contribution is -1.85. The van der Waals surface area contributed by atoms with Gasteiger partial charge in [0, 0.05) is 17.5 Å². The Labute approximate surface area is 58.3 Å². The van der Waals surface area contributed by atoms with Gasteiger partial charge in [-0.2, -0.15) is 12.6 Å². The first kappa shape index (κ1) is 6.55. The van der Waals surface area contributed by atoms with Crippen LogP contribution in [0.1, 0.15) is 5.56 Å². The van der Waals surface area contributed by atoms with Crippen molar-refractivity contribution in [2.75, 3.05) is 0 Å². The average Bonchev–Trinajstić information content (AvgIpc) is 1.89. The number of halogens is 1. The van der Waals surface area contributed by atoms with Gasteiger partial charge in [0.2, 0.25) is 0 Å². The Kier molecular flexibility index (Phi) is 2.05. The van der Waals surface area contributed by atoms with E-state index in [1.165, 1.54) is 6.20 Å². The van der Waals surface area contributed by atoms with E-state index in [0.29, 0.717) is 11.3 Å². The van der Waals surface area contributed by atoms with Crippen LogP contribution in [-0.4, -0.2) is 4.98 Å². The topological polar surface area (TPSA) is 12.9 Å². The zero-order valence-corrected chi connectivity index (χ0v) is 5.61. The fraction of sp³-hybridized carbons (Fsp3) is 0.167. The van der Waals surface area contributed by atoms with Crippen LogP contribution in [0.2, 0.25) is 0 Å². The summed E-state index contributed by atoms with van der Waals surface area (Å²) in [6, 6.07) is 1.61. The second-order valence-corrected chi connectivity index (χ2v) is 1.94. The lowest BCUT2D eigenvalue weighted by Gasteiger charge is -1.93. The molecule has 3 heteroatoms. The summed E-state index contributed by atoms with van der Waals surface area (Å²) in [5.41, 5.74) is 0.591. The van der Waals surface area contributed by atoms with Crippen LogP contribution in [0, 0.1) is 5.82 Å². The highest BCUT2D eigenvalue weighted by Crippen LogP contribution is 2.05. The van der Waals surface area contributed by atoms with Crippen molar-refractivity contribution in [2.24, 2.45) is 0 Å².